The lowest BCUT2D eigenvalue weighted by Crippen LogP contribution is -3.00. The molecule has 8 rings (SSSR count). The number of carboxylic acids is 1. The van der Waals surface area contributed by atoms with Crippen molar-refractivity contribution in [3.8, 4) is 0 Å². The van der Waals surface area contributed by atoms with Crippen molar-refractivity contribution >= 4 is 85.8 Å². The Hall–Kier alpha value is -5.41. The molecule has 2 atom stereocenters. The molecule has 0 unspecified atom stereocenters. The highest BCUT2D eigenvalue weighted by molar-refractivity contribution is 7.86. The third-order valence-corrected chi connectivity index (χ3v) is 14.8. The molecule has 15 nitrogen and oxygen atoms in total. The number of amides is 2. The summed E-state index contributed by atoms with van der Waals surface area (Å²) in [6.45, 7) is 5.34. The number of hydrogen-bond acceptors (Lipinski definition) is 9. The van der Waals surface area contributed by atoms with E-state index in [2.05, 4.69) is 26.3 Å². The van der Waals surface area contributed by atoms with Gasteiger partial charge in [0.2, 0.25) is 0 Å². The number of carbonyl (C=O) groups excluding carboxylic acids is 2. The van der Waals surface area contributed by atoms with E-state index in [1.54, 1.807) is 38.1 Å². The molecule has 0 spiro atoms. The van der Waals surface area contributed by atoms with Crippen molar-refractivity contribution in [3.05, 3.63) is 137 Å². The zero-order valence-electron chi connectivity index (χ0n) is 39.3. The van der Waals surface area contributed by atoms with Crippen LogP contribution in [0.15, 0.2) is 83.1 Å². The molecule has 4 aromatic carbocycles. The summed E-state index contributed by atoms with van der Waals surface area (Å²) in [5.41, 5.74) is -3.04. The van der Waals surface area contributed by atoms with Crippen molar-refractivity contribution in [1.82, 2.24) is 19.2 Å². The Morgan fingerprint density at radius 1 is 0.667 bits per heavy atom. The molecule has 5 N–H and O–H groups in total. The first-order valence-electron chi connectivity index (χ1n) is 21.9. The second-order valence-electron chi connectivity index (χ2n) is 17.6. The minimum atomic E-state index is -5.08. The van der Waals surface area contributed by atoms with Crippen molar-refractivity contribution in [1.29, 1.82) is 0 Å². The van der Waals surface area contributed by atoms with Crippen molar-refractivity contribution in [2.24, 2.45) is 10.3 Å². The molecule has 2 saturated heterocycles. The molecule has 75 heavy (non-hydrogen) atoms. The largest absolute Gasteiger partial charge is 0.490 e. The van der Waals surface area contributed by atoms with Crippen LogP contribution in [0.2, 0.25) is 20.1 Å². The van der Waals surface area contributed by atoms with Crippen LogP contribution < -0.4 is 16.0 Å². The minimum absolute atomic E-state index is 0.0308. The number of nitrogens with one attached hydrogen (secondary N) is 2. The Labute approximate surface area is 442 Å². The van der Waals surface area contributed by atoms with E-state index in [-0.39, 0.29) is 73.7 Å². The summed E-state index contributed by atoms with van der Waals surface area (Å²) in [6, 6.07) is 16.4. The highest BCUT2D eigenvalue weighted by atomic mass is 35.5. The molecule has 2 fully saturated rings. The van der Waals surface area contributed by atoms with Gasteiger partial charge in [-0.2, -0.15) is 56.5 Å². The number of aryl methyl sites for hydroxylation is 2. The fraction of sp³-hybridized carbons (Fsp3) is 0.370. The van der Waals surface area contributed by atoms with Gasteiger partial charge in [-0.05, 0) is 96.8 Å². The van der Waals surface area contributed by atoms with Crippen LogP contribution >= 0.6 is 46.4 Å². The normalized spacial score (nSPS) is 20.2. The van der Waals surface area contributed by atoms with Gasteiger partial charge in [-0.1, -0.05) is 68.8 Å². The number of nitrogens with zero attached hydrogens (tertiary/aromatic N) is 4. The average Bonchev–Trinajstić information content (AvgIpc) is 3.94. The summed E-state index contributed by atoms with van der Waals surface area (Å²) in [7, 11) is -0.696. The molecule has 0 saturated carbocycles. The Balaban J connectivity index is 0.000000219. The predicted molar refractivity (Wildman–Crippen MR) is 257 cm³/mol. The molecule has 29 heteroatoms. The van der Waals surface area contributed by atoms with E-state index in [0.717, 1.165) is 29.5 Å². The Morgan fingerprint density at radius 2 is 1.03 bits per heavy atom. The molecule has 4 aliphatic rings. The van der Waals surface area contributed by atoms with Crippen LogP contribution in [0, 0.1) is 13.8 Å². The van der Waals surface area contributed by atoms with E-state index in [9.17, 15) is 57.5 Å². The van der Waals surface area contributed by atoms with E-state index in [1.807, 2.05) is 0 Å². The number of hydrogen-bond donors (Lipinski definition) is 4. The number of carbonyl (C=O) groups is 3. The summed E-state index contributed by atoms with van der Waals surface area (Å²) in [5.74, 6) is -3.38. The molecule has 4 heterocycles. The molecule has 4 aromatic rings. The number of nitrogens with two attached hydrogens (primary N) is 1. The SMILES string of the molecule is Cc1cc(C2=NO[C@@](c3cc(Cl)cc(Cl)c3)(C(F)(F)F)C2)ccc1C(=O)NC1CN(S(=O)(=O)N(C)C)C1.Cc1cc(C2=NO[C@@](c3cc(Cl)cc(Cl)c3)(C(F)(F)F)C2)ccc1C(=O)NC1C[NH2+]C1.O=C(O)C(F)(F)F. The van der Waals surface area contributed by atoms with Gasteiger partial charge >= 0.3 is 24.5 Å². The van der Waals surface area contributed by atoms with Gasteiger partial charge in [-0.15, -0.1) is 0 Å². The summed E-state index contributed by atoms with van der Waals surface area (Å²) in [6.07, 6.45) is -15.8. The van der Waals surface area contributed by atoms with Gasteiger partial charge in [0.25, 0.3) is 33.2 Å². The van der Waals surface area contributed by atoms with Crippen molar-refractivity contribution < 1.29 is 82.4 Å². The lowest BCUT2D eigenvalue weighted by Gasteiger charge is -2.39. The maximum atomic E-state index is 14.2. The van der Waals surface area contributed by atoms with Crippen molar-refractivity contribution in [2.45, 2.75) is 68.5 Å². The smallest absolute Gasteiger partial charge is 0.475 e. The van der Waals surface area contributed by atoms with Crippen molar-refractivity contribution in [3.63, 3.8) is 0 Å². The topological polar surface area (TPSA) is 196 Å². The first-order valence-corrected chi connectivity index (χ1v) is 24.8. The first-order chi connectivity index (χ1) is 34.7. The second-order valence-corrected chi connectivity index (χ2v) is 21.5. The van der Waals surface area contributed by atoms with E-state index >= 15 is 0 Å². The van der Waals surface area contributed by atoms with E-state index in [1.165, 1.54) is 54.8 Å². The highest BCUT2D eigenvalue weighted by Crippen LogP contribution is 2.51. The van der Waals surface area contributed by atoms with Gasteiger partial charge < -0.3 is 30.7 Å². The van der Waals surface area contributed by atoms with Gasteiger partial charge in [0.15, 0.2) is 0 Å². The monoisotopic (exact) mass is 1160 g/mol. The van der Waals surface area contributed by atoms with Crippen molar-refractivity contribution in [2.75, 3.05) is 40.3 Å². The number of oxime groups is 2. The molecule has 0 bridgehead atoms. The zero-order valence-corrected chi connectivity index (χ0v) is 43.2. The van der Waals surface area contributed by atoms with E-state index in [4.69, 9.17) is 66.0 Å². The average molecular weight is 1170 g/mol. The fourth-order valence-electron chi connectivity index (χ4n) is 7.81. The number of halogens is 13. The minimum Gasteiger partial charge on any atom is -0.475 e. The first kappa shape index (κ1) is 58.8. The maximum Gasteiger partial charge on any atom is 0.490 e. The number of quaternary nitrogens is 1. The summed E-state index contributed by atoms with van der Waals surface area (Å²) in [4.78, 5) is 44.1. The quantitative estimate of drug-likeness (QED) is 0.114. The van der Waals surface area contributed by atoms with E-state index < -0.39 is 64.7 Å². The molecule has 2 amide bonds. The van der Waals surface area contributed by atoms with Crippen LogP contribution in [-0.2, 0) is 35.9 Å². The Kier molecular flexibility index (Phi) is 17.5. The zero-order chi connectivity index (χ0) is 55.8. The summed E-state index contributed by atoms with van der Waals surface area (Å²) >= 11 is 23.7. The molecule has 406 valence electrons. The second kappa shape index (κ2) is 22.3. The van der Waals surface area contributed by atoms with Crippen LogP contribution in [0.5, 0.6) is 0 Å². The molecule has 0 aliphatic carbocycles. The fourth-order valence-corrected chi connectivity index (χ4v) is 10.1. The number of alkyl halides is 9. The molecule has 0 aromatic heterocycles. The van der Waals surface area contributed by atoms with Gasteiger partial charge in [0.05, 0.1) is 17.5 Å². The lowest BCUT2D eigenvalue weighted by atomic mass is 9.86. The maximum absolute atomic E-state index is 14.2. The van der Waals surface area contributed by atoms with Crippen LogP contribution in [0.25, 0.3) is 0 Å². The highest BCUT2D eigenvalue weighted by Gasteiger charge is 2.63. The van der Waals surface area contributed by atoms with Gasteiger partial charge in [-0.3, -0.25) is 9.59 Å². The van der Waals surface area contributed by atoms with E-state index in [0.29, 0.717) is 33.4 Å². The van der Waals surface area contributed by atoms with Gasteiger partial charge in [0.1, 0.15) is 19.1 Å². The third kappa shape index (κ3) is 13.1. The van der Waals surface area contributed by atoms with Gasteiger partial charge in [-0.25, -0.2) is 4.79 Å². The lowest BCUT2D eigenvalue weighted by molar-refractivity contribution is -0.711. The molecular weight excluding hydrogens is 1120 g/mol. The third-order valence-electron chi connectivity index (χ3n) is 12.1. The summed E-state index contributed by atoms with van der Waals surface area (Å²) in [5, 5.41) is 22.6. The van der Waals surface area contributed by atoms with Gasteiger partial charge in [0, 0.05) is 82.4 Å². The number of aliphatic carboxylic acids is 1. The molecule has 4 aliphatic heterocycles. The Morgan fingerprint density at radius 3 is 1.32 bits per heavy atom. The van der Waals surface area contributed by atoms with Crippen LogP contribution in [0.4, 0.5) is 39.5 Å². The van der Waals surface area contributed by atoms with Crippen LogP contribution in [0.1, 0.15) is 66.9 Å². The van der Waals surface area contributed by atoms with Crippen LogP contribution in [0.3, 0.4) is 0 Å². The standard InChI is InChI=1S/C23H23Cl2F3N4O4S.C21H18Cl2F3N3O2.C2HF3O2/c1-13-6-14(4-5-19(13)21(33)29-18-11-32(12-18)37(34,35)31(2)3)20-10-22(36-30-20,23(26,27)28)15-7-16(24)9-17(25)8-15;1-11-4-12(2-3-17(11)19(30)28-16-9-27-10-16)18-8-20(31-29-18,21(24,25)26)13-5-14(22)7-15(23)6-13;3-2(4,5)1(6)7/h4-9,18H,10-12H2,1-3H3,(H,29,33);2-7,16,27H,8-10H2,1H3,(H,28,30);(H,6,7)/p+1/t22-;20-;/m00./s1. The number of carboxylic acid groups (broad SMARTS) is 1. The molecular formula is C46H43Cl4F9N7O8S+. The predicted octanol–water partition coefficient (Wildman–Crippen LogP) is 8.30. The number of rotatable bonds is 10. The molecule has 0 radical (unpaired) electrons. The van der Waals surface area contributed by atoms with Crippen LogP contribution in [-0.4, -0.2) is 122 Å². The Bertz CT molecular complexity index is 3010. The summed E-state index contributed by atoms with van der Waals surface area (Å²) < 4.78 is 143. The number of benzene rings is 4.